The number of aryl methyl sites for hydroxylation is 1. The van der Waals surface area contributed by atoms with Crippen molar-refractivity contribution in [1.29, 1.82) is 0 Å². The normalized spacial score (nSPS) is 10.5. The van der Waals surface area contributed by atoms with Gasteiger partial charge in [-0.15, -0.1) is 0 Å². The Labute approximate surface area is 128 Å². The number of nitrogens with zero attached hydrogens (tertiary/aromatic N) is 2. The van der Waals surface area contributed by atoms with Crippen LogP contribution in [0.15, 0.2) is 18.2 Å². The van der Waals surface area contributed by atoms with E-state index in [0.29, 0.717) is 23.1 Å². The van der Waals surface area contributed by atoms with Crippen molar-refractivity contribution in [1.82, 2.24) is 9.78 Å². The lowest BCUT2D eigenvalue weighted by Gasteiger charge is -2.10. The van der Waals surface area contributed by atoms with Crippen LogP contribution in [-0.4, -0.2) is 29.5 Å². The van der Waals surface area contributed by atoms with E-state index in [9.17, 15) is 4.79 Å². The van der Waals surface area contributed by atoms with Crippen LogP contribution in [0, 0.1) is 6.92 Å². The number of esters is 1. The van der Waals surface area contributed by atoms with Gasteiger partial charge in [0.2, 0.25) is 0 Å². The lowest BCUT2D eigenvalue weighted by molar-refractivity contribution is 0.0518. The number of hydrogen-bond donors (Lipinski definition) is 0. The number of aromatic nitrogens is 2. The van der Waals surface area contributed by atoms with Crippen LogP contribution >= 0.6 is 11.6 Å². The SMILES string of the molecule is CCOC(=O)c1nn(C)c(-c2cc(Cl)ccc2OC)c1C. The average molecular weight is 309 g/mol. The van der Waals surface area contributed by atoms with Crippen molar-refractivity contribution >= 4 is 17.6 Å². The smallest absolute Gasteiger partial charge is 0.359 e. The molecule has 0 atom stereocenters. The van der Waals surface area contributed by atoms with E-state index >= 15 is 0 Å². The summed E-state index contributed by atoms with van der Waals surface area (Å²) >= 11 is 6.07. The van der Waals surface area contributed by atoms with Crippen LogP contribution in [-0.2, 0) is 11.8 Å². The maximum atomic E-state index is 11.9. The van der Waals surface area contributed by atoms with Crippen molar-refractivity contribution in [2.24, 2.45) is 7.05 Å². The number of carbonyl (C=O) groups excluding carboxylic acids is 1. The van der Waals surface area contributed by atoms with Crippen molar-refractivity contribution in [2.45, 2.75) is 13.8 Å². The van der Waals surface area contributed by atoms with E-state index in [1.54, 1.807) is 44.0 Å². The maximum Gasteiger partial charge on any atom is 0.359 e. The van der Waals surface area contributed by atoms with Crippen molar-refractivity contribution in [3.8, 4) is 17.0 Å². The zero-order valence-corrected chi connectivity index (χ0v) is 13.2. The van der Waals surface area contributed by atoms with Gasteiger partial charge in [-0.05, 0) is 32.0 Å². The molecule has 1 heterocycles. The van der Waals surface area contributed by atoms with Gasteiger partial charge in [0, 0.05) is 23.2 Å². The number of methoxy groups -OCH3 is 1. The topological polar surface area (TPSA) is 53.3 Å². The number of rotatable bonds is 4. The number of halogens is 1. The minimum atomic E-state index is -0.433. The predicted molar refractivity (Wildman–Crippen MR) is 80.9 cm³/mol. The summed E-state index contributed by atoms with van der Waals surface area (Å²) in [6, 6.07) is 5.33. The Hall–Kier alpha value is -2.01. The number of carbonyl (C=O) groups is 1. The second-order valence-corrected chi connectivity index (χ2v) is 4.95. The molecule has 2 rings (SSSR count). The van der Waals surface area contributed by atoms with Crippen molar-refractivity contribution in [3.63, 3.8) is 0 Å². The molecule has 0 aliphatic heterocycles. The molecule has 0 unspecified atom stereocenters. The molecule has 0 aliphatic carbocycles. The van der Waals surface area contributed by atoms with Gasteiger partial charge in [-0.3, -0.25) is 4.68 Å². The van der Waals surface area contributed by atoms with Gasteiger partial charge < -0.3 is 9.47 Å². The second kappa shape index (κ2) is 6.18. The highest BCUT2D eigenvalue weighted by Crippen LogP contribution is 2.35. The Bertz CT molecular complexity index is 680. The summed E-state index contributed by atoms with van der Waals surface area (Å²) in [7, 11) is 3.36. The van der Waals surface area contributed by atoms with Crippen molar-refractivity contribution in [3.05, 3.63) is 34.5 Å². The van der Waals surface area contributed by atoms with E-state index in [-0.39, 0.29) is 0 Å². The highest BCUT2D eigenvalue weighted by molar-refractivity contribution is 6.31. The van der Waals surface area contributed by atoms with E-state index in [2.05, 4.69) is 5.10 Å². The van der Waals surface area contributed by atoms with Crippen LogP contribution in [0.25, 0.3) is 11.3 Å². The Morgan fingerprint density at radius 2 is 2.14 bits per heavy atom. The molecule has 0 saturated carbocycles. The molecule has 0 N–H and O–H groups in total. The average Bonchev–Trinajstić information content (AvgIpc) is 2.74. The van der Waals surface area contributed by atoms with Gasteiger partial charge in [-0.2, -0.15) is 5.10 Å². The van der Waals surface area contributed by atoms with Gasteiger partial charge in [-0.1, -0.05) is 11.6 Å². The van der Waals surface area contributed by atoms with Crippen LogP contribution in [0.3, 0.4) is 0 Å². The van der Waals surface area contributed by atoms with Gasteiger partial charge in [0.05, 0.1) is 19.4 Å². The minimum absolute atomic E-state index is 0.302. The third-order valence-corrected chi connectivity index (χ3v) is 3.40. The van der Waals surface area contributed by atoms with Crippen molar-refractivity contribution < 1.29 is 14.3 Å². The monoisotopic (exact) mass is 308 g/mol. The van der Waals surface area contributed by atoms with E-state index < -0.39 is 5.97 Å². The summed E-state index contributed by atoms with van der Waals surface area (Å²) in [5.41, 5.74) is 2.60. The summed E-state index contributed by atoms with van der Waals surface area (Å²) in [6.07, 6.45) is 0. The van der Waals surface area contributed by atoms with E-state index in [1.165, 1.54) is 0 Å². The molecule has 0 bridgehead atoms. The third kappa shape index (κ3) is 2.88. The maximum absolute atomic E-state index is 11.9. The largest absolute Gasteiger partial charge is 0.496 e. The standard InChI is InChI=1S/C15H17ClN2O3/c1-5-21-15(19)13-9(2)14(18(3)17-13)11-8-10(16)6-7-12(11)20-4/h6-8H,5H2,1-4H3. The quantitative estimate of drug-likeness (QED) is 0.814. The fourth-order valence-electron chi connectivity index (χ4n) is 2.26. The first-order valence-corrected chi connectivity index (χ1v) is 6.92. The molecule has 0 saturated heterocycles. The summed E-state index contributed by atoms with van der Waals surface area (Å²) in [5.74, 6) is 0.235. The molecular formula is C15H17ClN2O3. The molecular weight excluding hydrogens is 292 g/mol. The number of benzene rings is 1. The fraction of sp³-hybridized carbons (Fsp3) is 0.333. The molecule has 21 heavy (non-hydrogen) atoms. The van der Waals surface area contributed by atoms with E-state index in [1.807, 2.05) is 6.92 Å². The lowest BCUT2D eigenvalue weighted by atomic mass is 10.1. The van der Waals surface area contributed by atoms with E-state index in [0.717, 1.165) is 16.8 Å². The summed E-state index contributed by atoms with van der Waals surface area (Å²) in [5, 5.41) is 4.84. The molecule has 0 amide bonds. The van der Waals surface area contributed by atoms with Crippen LogP contribution in [0.5, 0.6) is 5.75 Å². The lowest BCUT2D eigenvalue weighted by Crippen LogP contribution is -2.07. The van der Waals surface area contributed by atoms with Crippen LogP contribution in [0.2, 0.25) is 5.02 Å². The third-order valence-electron chi connectivity index (χ3n) is 3.17. The zero-order valence-electron chi connectivity index (χ0n) is 12.4. The Morgan fingerprint density at radius 1 is 1.43 bits per heavy atom. The van der Waals surface area contributed by atoms with E-state index in [4.69, 9.17) is 21.1 Å². The molecule has 5 nitrogen and oxygen atoms in total. The van der Waals surface area contributed by atoms with Gasteiger partial charge >= 0.3 is 5.97 Å². The molecule has 0 spiro atoms. The molecule has 0 fully saturated rings. The first-order chi connectivity index (χ1) is 9.99. The molecule has 112 valence electrons. The Morgan fingerprint density at radius 3 is 2.76 bits per heavy atom. The first-order valence-electron chi connectivity index (χ1n) is 6.54. The van der Waals surface area contributed by atoms with Crippen LogP contribution < -0.4 is 4.74 Å². The zero-order chi connectivity index (χ0) is 15.6. The van der Waals surface area contributed by atoms with Crippen LogP contribution in [0.1, 0.15) is 23.0 Å². The molecule has 6 heteroatoms. The molecule has 0 radical (unpaired) electrons. The van der Waals surface area contributed by atoms with Crippen molar-refractivity contribution in [2.75, 3.05) is 13.7 Å². The van der Waals surface area contributed by atoms with Gasteiger partial charge in [-0.25, -0.2) is 4.79 Å². The summed E-state index contributed by atoms with van der Waals surface area (Å²) < 4.78 is 12.0. The Kier molecular flexibility index (Phi) is 4.53. The number of ether oxygens (including phenoxy) is 2. The highest BCUT2D eigenvalue weighted by Gasteiger charge is 2.22. The molecule has 1 aromatic heterocycles. The Balaban J connectivity index is 2.60. The first kappa shape index (κ1) is 15.4. The highest BCUT2D eigenvalue weighted by atomic mass is 35.5. The fourth-order valence-corrected chi connectivity index (χ4v) is 2.44. The van der Waals surface area contributed by atoms with Gasteiger partial charge in [0.25, 0.3) is 0 Å². The number of hydrogen-bond acceptors (Lipinski definition) is 4. The summed E-state index contributed by atoms with van der Waals surface area (Å²) in [4.78, 5) is 11.9. The van der Waals surface area contributed by atoms with Gasteiger partial charge in [0.15, 0.2) is 5.69 Å². The van der Waals surface area contributed by atoms with Gasteiger partial charge in [0.1, 0.15) is 5.75 Å². The second-order valence-electron chi connectivity index (χ2n) is 4.51. The summed E-state index contributed by atoms with van der Waals surface area (Å²) in [6.45, 7) is 3.90. The van der Waals surface area contributed by atoms with Crippen LogP contribution in [0.4, 0.5) is 0 Å². The molecule has 2 aromatic rings. The molecule has 1 aromatic carbocycles. The molecule has 0 aliphatic rings. The predicted octanol–water partition coefficient (Wildman–Crippen LogP) is 3.23. The minimum Gasteiger partial charge on any atom is -0.496 e.